The van der Waals surface area contributed by atoms with Crippen LogP contribution in [0.15, 0.2) is 42.6 Å². The first kappa shape index (κ1) is 16.8. The summed E-state index contributed by atoms with van der Waals surface area (Å²) >= 11 is 0. The summed E-state index contributed by atoms with van der Waals surface area (Å²) in [7, 11) is 0. The summed E-state index contributed by atoms with van der Waals surface area (Å²) in [6.45, 7) is -1.72. The number of halogens is 3. The Bertz CT molecular complexity index is 690. The zero-order chi connectivity index (χ0) is 16.9. The van der Waals surface area contributed by atoms with Gasteiger partial charge in [0.25, 0.3) is 5.91 Å². The number of nitrogens with one attached hydrogen (secondary N) is 1. The molecule has 0 atom stereocenters. The molecule has 0 saturated heterocycles. The molecular formula is C15H13F3N2O3. The van der Waals surface area contributed by atoms with E-state index >= 15 is 0 Å². The Morgan fingerprint density at radius 1 is 1.26 bits per heavy atom. The number of aromatic nitrogens is 1. The number of anilines is 1. The summed E-state index contributed by atoms with van der Waals surface area (Å²) in [5.74, 6) is -0.974. The summed E-state index contributed by atoms with van der Waals surface area (Å²) < 4.78 is 41.3. The van der Waals surface area contributed by atoms with Gasteiger partial charge in [0, 0.05) is 11.9 Å². The number of hydrogen-bond donors (Lipinski definition) is 2. The lowest BCUT2D eigenvalue weighted by atomic mass is 10.2. The molecule has 0 aliphatic heterocycles. The van der Waals surface area contributed by atoms with Crippen LogP contribution in [-0.4, -0.2) is 28.8 Å². The summed E-state index contributed by atoms with van der Waals surface area (Å²) in [5, 5.41) is 11.5. The number of hydrogen-bond acceptors (Lipinski definition) is 4. The van der Waals surface area contributed by atoms with E-state index in [0.717, 1.165) is 0 Å². The number of aliphatic hydroxyl groups is 1. The molecule has 2 N–H and O–H groups in total. The second-order valence-electron chi connectivity index (χ2n) is 4.57. The number of rotatable bonds is 5. The first-order chi connectivity index (χ1) is 10.9. The molecule has 0 fully saturated rings. The van der Waals surface area contributed by atoms with Crippen molar-refractivity contribution in [3.05, 3.63) is 53.9 Å². The summed E-state index contributed by atoms with van der Waals surface area (Å²) in [6.07, 6.45) is -3.24. The van der Waals surface area contributed by atoms with Crippen molar-refractivity contribution in [2.75, 3.05) is 11.9 Å². The van der Waals surface area contributed by atoms with Gasteiger partial charge in [-0.15, -0.1) is 0 Å². The molecular weight excluding hydrogens is 313 g/mol. The van der Waals surface area contributed by atoms with Crippen LogP contribution < -0.4 is 10.1 Å². The Kier molecular flexibility index (Phi) is 5.17. The molecule has 1 aromatic carbocycles. The maximum Gasteiger partial charge on any atom is 0.422 e. The molecule has 0 radical (unpaired) electrons. The van der Waals surface area contributed by atoms with Crippen molar-refractivity contribution in [1.82, 2.24) is 4.98 Å². The molecule has 8 heteroatoms. The van der Waals surface area contributed by atoms with E-state index < -0.39 is 18.7 Å². The third kappa shape index (κ3) is 4.96. The maximum absolute atomic E-state index is 12.2. The number of nitrogens with zero attached hydrogens (tertiary/aromatic N) is 1. The van der Waals surface area contributed by atoms with E-state index in [2.05, 4.69) is 15.0 Å². The smallest absolute Gasteiger partial charge is 0.422 e. The van der Waals surface area contributed by atoms with Crippen molar-refractivity contribution in [1.29, 1.82) is 0 Å². The van der Waals surface area contributed by atoms with E-state index in [1.807, 2.05) is 0 Å². The van der Waals surface area contributed by atoms with Crippen LogP contribution in [0.4, 0.5) is 18.9 Å². The highest BCUT2D eigenvalue weighted by Gasteiger charge is 2.29. The molecule has 1 aromatic heterocycles. The molecule has 0 aliphatic rings. The molecule has 1 amide bonds. The van der Waals surface area contributed by atoms with Crippen LogP contribution in [0.5, 0.6) is 5.75 Å². The second kappa shape index (κ2) is 7.10. The van der Waals surface area contributed by atoms with Gasteiger partial charge >= 0.3 is 6.18 Å². The van der Waals surface area contributed by atoms with Crippen LogP contribution in [0.2, 0.25) is 0 Å². The molecule has 0 aliphatic carbocycles. The quantitative estimate of drug-likeness (QED) is 0.886. The van der Waals surface area contributed by atoms with Crippen LogP contribution >= 0.6 is 0 Å². The van der Waals surface area contributed by atoms with E-state index in [1.165, 1.54) is 24.4 Å². The molecule has 1 heterocycles. The Morgan fingerprint density at radius 3 is 2.74 bits per heavy atom. The third-order valence-corrected chi connectivity index (χ3v) is 2.74. The van der Waals surface area contributed by atoms with Gasteiger partial charge in [0.15, 0.2) is 18.1 Å². The monoisotopic (exact) mass is 326 g/mol. The van der Waals surface area contributed by atoms with Gasteiger partial charge in [-0.05, 0) is 29.8 Å². The fourth-order valence-corrected chi connectivity index (χ4v) is 1.77. The van der Waals surface area contributed by atoms with Crippen molar-refractivity contribution < 1.29 is 27.8 Å². The van der Waals surface area contributed by atoms with Gasteiger partial charge in [-0.2, -0.15) is 13.2 Å². The predicted molar refractivity (Wildman–Crippen MR) is 76.1 cm³/mol. The van der Waals surface area contributed by atoms with Crippen LogP contribution in [0.3, 0.4) is 0 Å². The van der Waals surface area contributed by atoms with Gasteiger partial charge in [0.05, 0.1) is 6.61 Å². The summed E-state index contributed by atoms with van der Waals surface area (Å²) in [4.78, 5) is 15.9. The lowest BCUT2D eigenvalue weighted by Crippen LogP contribution is -2.22. The Balaban J connectivity index is 2.15. The number of ether oxygens (including phenoxy) is 1. The van der Waals surface area contributed by atoms with Gasteiger partial charge in [0.1, 0.15) is 0 Å². The lowest BCUT2D eigenvalue weighted by molar-refractivity contribution is -0.153. The Labute approximate surface area is 129 Å². The number of aliphatic hydroxyl groups excluding tert-OH is 1. The number of carbonyl (C=O) groups is 1. The molecule has 0 bridgehead atoms. The van der Waals surface area contributed by atoms with Crippen LogP contribution in [0, 0.1) is 0 Å². The van der Waals surface area contributed by atoms with Crippen molar-refractivity contribution in [2.24, 2.45) is 0 Å². The van der Waals surface area contributed by atoms with Gasteiger partial charge in [-0.3, -0.25) is 4.79 Å². The standard InChI is InChI=1S/C15H13F3N2O3/c16-15(17,18)9-23-12-5-2-6-19-13(12)14(22)20-11-4-1-3-10(7-11)8-21/h1-7,21H,8-9H2,(H,20,22). The highest BCUT2D eigenvalue weighted by molar-refractivity contribution is 6.04. The molecule has 0 saturated carbocycles. The normalized spacial score (nSPS) is 11.1. The molecule has 0 spiro atoms. The number of amides is 1. The largest absolute Gasteiger partial charge is 0.482 e. The van der Waals surface area contributed by atoms with Gasteiger partial charge in [-0.25, -0.2) is 4.98 Å². The first-order valence-corrected chi connectivity index (χ1v) is 6.55. The highest BCUT2D eigenvalue weighted by Crippen LogP contribution is 2.22. The number of alkyl halides is 3. The maximum atomic E-state index is 12.2. The van der Waals surface area contributed by atoms with Crippen molar-refractivity contribution in [2.45, 2.75) is 12.8 Å². The SMILES string of the molecule is O=C(Nc1cccc(CO)c1)c1ncccc1OCC(F)(F)F. The molecule has 0 unspecified atom stereocenters. The van der Waals surface area contributed by atoms with Gasteiger partial charge in [0.2, 0.25) is 0 Å². The van der Waals surface area contributed by atoms with E-state index in [0.29, 0.717) is 11.3 Å². The van der Waals surface area contributed by atoms with Gasteiger partial charge in [-0.1, -0.05) is 12.1 Å². The molecule has 23 heavy (non-hydrogen) atoms. The minimum Gasteiger partial charge on any atom is -0.482 e. The number of carbonyl (C=O) groups excluding carboxylic acids is 1. The van der Waals surface area contributed by atoms with Crippen LogP contribution in [0.25, 0.3) is 0 Å². The van der Waals surface area contributed by atoms with Crippen molar-refractivity contribution in [3.8, 4) is 5.75 Å². The topological polar surface area (TPSA) is 71.5 Å². The minimum atomic E-state index is -4.51. The predicted octanol–water partition coefficient (Wildman–Crippen LogP) is 2.77. The molecule has 5 nitrogen and oxygen atoms in total. The minimum absolute atomic E-state index is 0.201. The zero-order valence-corrected chi connectivity index (χ0v) is 11.8. The zero-order valence-electron chi connectivity index (χ0n) is 11.8. The van der Waals surface area contributed by atoms with E-state index in [9.17, 15) is 18.0 Å². The number of pyridine rings is 1. The Morgan fingerprint density at radius 2 is 2.04 bits per heavy atom. The van der Waals surface area contributed by atoms with Crippen molar-refractivity contribution >= 4 is 11.6 Å². The number of benzene rings is 1. The second-order valence-corrected chi connectivity index (χ2v) is 4.57. The van der Waals surface area contributed by atoms with Crippen molar-refractivity contribution in [3.63, 3.8) is 0 Å². The molecule has 2 aromatic rings. The van der Waals surface area contributed by atoms with Crippen LogP contribution in [0.1, 0.15) is 16.1 Å². The average molecular weight is 326 g/mol. The first-order valence-electron chi connectivity index (χ1n) is 6.55. The lowest BCUT2D eigenvalue weighted by Gasteiger charge is -2.12. The van der Waals surface area contributed by atoms with Gasteiger partial charge < -0.3 is 15.2 Å². The molecule has 2 rings (SSSR count). The third-order valence-electron chi connectivity index (χ3n) is 2.74. The highest BCUT2D eigenvalue weighted by atomic mass is 19.4. The molecule has 122 valence electrons. The average Bonchev–Trinajstić information content (AvgIpc) is 2.52. The fraction of sp³-hybridized carbons (Fsp3) is 0.200. The summed E-state index contributed by atoms with van der Waals surface area (Å²) in [5.41, 5.74) is 0.706. The van der Waals surface area contributed by atoms with Crippen LogP contribution in [-0.2, 0) is 6.61 Å². The van der Waals surface area contributed by atoms with E-state index in [4.69, 9.17) is 5.11 Å². The fourth-order valence-electron chi connectivity index (χ4n) is 1.77. The Hall–Kier alpha value is -2.61. The summed E-state index contributed by atoms with van der Waals surface area (Å²) in [6, 6.07) is 9.01. The van der Waals surface area contributed by atoms with E-state index in [1.54, 1.807) is 18.2 Å². The van der Waals surface area contributed by atoms with E-state index in [-0.39, 0.29) is 18.1 Å².